The van der Waals surface area contributed by atoms with E-state index < -0.39 is 17.9 Å². The molecule has 1 aliphatic heterocycles. The number of carbonyl (C=O) groups is 2. The summed E-state index contributed by atoms with van der Waals surface area (Å²) in [6, 6.07) is 5.16. The van der Waals surface area contributed by atoms with Crippen LogP contribution in [-0.2, 0) is 19.1 Å². The molecule has 0 spiro atoms. The fraction of sp³-hybridized carbons (Fsp3) is 0.520. The number of ether oxygens (including phenoxy) is 2. The quantitative estimate of drug-likeness (QED) is 0.539. The van der Waals surface area contributed by atoms with Gasteiger partial charge in [-0.15, -0.1) is 0 Å². The van der Waals surface area contributed by atoms with Crippen LogP contribution < -0.4 is 0 Å². The van der Waals surface area contributed by atoms with Crippen molar-refractivity contribution in [1.82, 2.24) is 4.90 Å². The molecule has 0 amide bonds. The number of methoxy groups -OCH3 is 2. The third-order valence-electron chi connectivity index (χ3n) is 7.85. The van der Waals surface area contributed by atoms with Crippen molar-refractivity contribution in [3.63, 3.8) is 0 Å². The molecule has 5 aliphatic rings. The Morgan fingerprint density at radius 3 is 1.81 bits per heavy atom. The van der Waals surface area contributed by atoms with Gasteiger partial charge in [0.25, 0.3) is 0 Å². The lowest BCUT2D eigenvalue weighted by Gasteiger charge is -2.60. The van der Waals surface area contributed by atoms with E-state index in [1.807, 2.05) is 12.4 Å². The monoisotopic (exact) mass is 475 g/mol. The summed E-state index contributed by atoms with van der Waals surface area (Å²) in [7, 11) is 2.72. The topological polar surface area (TPSA) is 55.8 Å². The molecule has 0 atom stereocenters. The van der Waals surface area contributed by atoms with E-state index in [-0.39, 0.29) is 5.54 Å². The molecule has 0 saturated heterocycles. The van der Waals surface area contributed by atoms with E-state index in [1.54, 1.807) is 18.2 Å². The molecule has 4 fully saturated rings. The first-order valence-corrected chi connectivity index (χ1v) is 11.9. The van der Waals surface area contributed by atoms with Crippen molar-refractivity contribution in [1.29, 1.82) is 0 Å². The van der Waals surface area contributed by atoms with Crippen LogP contribution >= 0.6 is 23.2 Å². The van der Waals surface area contributed by atoms with E-state index in [1.165, 1.54) is 33.5 Å². The van der Waals surface area contributed by atoms with Gasteiger partial charge in [0.05, 0.1) is 41.3 Å². The number of halogens is 2. The number of benzene rings is 1. The Balaban J connectivity index is 1.62. The van der Waals surface area contributed by atoms with E-state index in [9.17, 15) is 9.59 Å². The maximum absolute atomic E-state index is 13.0. The molecule has 0 radical (unpaired) electrons. The van der Waals surface area contributed by atoms with Gasteiger partial charge in [-0.2, -0.15) is 0 Å². The minimum atomic E-state index is -0.644. The van der Waals surface area contributed by atoms with Gasteiger partial charge in [-0.3, -0.25) is 0 Å². The zero-order valence-corrected chi connectivity index (χ0v) is 19.8. The fourth-order valence-electron chi connectivity index (χ4n) is 6.94. The summed E-state index contributed by atoms with van der Waals surface area (Å²) in [6.45, 7) is 0. The summed E-state index contributed by atoms with van der Waals surface area (Å²) in [6.07, 6.45) is 11.0. The molecule has 170 valence electrons. The Morgan fingerprint density at radius 2 is 1.38 bits per heavy atom. The summed E-state index contributed by atoms with van der Waals surface area (Å²) >= 11 is 12.4. The third-order valence-corrected chi connectivity index (χ3v) is 8.59. The average Bonchev–Trinajstić information content (AvgIpc) is 2.78. The van der Waals surface area contributed by atoms with Gasteiger partial charge in [0, 0.05) is 17.9 Å². The van der Waals surface area contributed by atoms with Crippen LogP contribution in [0.2, 0.25) is 10.0 Å². The van der Waals surface area contributed by atoms with E-state index in [4.69, 9.17) is 32.7 Å². The summed E-state index contributed by atoms with van der Waals surface area (Å²) < 4.78 is 10.3. The first kappa shape index (κ1) is 21.8. The second-order valence-corrected chi connectivity index (χ2v) is 10.6. The molecular formula is C25H27Cl2NO4. The van der Waals surface area contributed by atoms with Gasteiger partial charge in [-0.1, -0.05) is 29.3 Å². The molecule has 7 heteroatoms. The van der Waals surface area contributed by atoms with Crippen molar-refractivity contribution >= 4 is 35.1 Å². The predicted octanol–water partition coefficient (Wildman–Crippen LogP) is 5.48. The normalized spacial score (nSPS) is 31.2. The van der Waals surface area contributed by atoms with Gasteiger partial charge in [0.15, 0.2) is 0 Å². The highest BCUT2D eigenvalue weighted by molar-refractivity contribution is 6.42. The number of esters is 2. The Kier molecular flexibility index (Phi) is 5.53. The average molecular weight is 476 g/mol. The summed E-state index contributed by atoms with van der Waals surface area (Å²) in [5, 5.41) is 0.773. The minimum Gasteiger partial charge on any atom is -0.466 e. The van der Waals surface area contributed by atoms with Crippen LogP contribution in [0.4, 0.5) is 0 Å². The Morgan fingerprint density at radius 1 is 0.875 bits per heavy atom. The van der Waals surface area contributed by atoms with Crippen LogP contribution in [0, 0.1) is 17.8 Å². The molecule has 0 N–H and O–H groups in total. The number of hydrogen-bond acceptors (Lipinski definition) is 5. The predicted molar refractivity (Wildman–Crippen MR) is 122 cm³/mol. The van der Waals surface area contributed by atoms with Crippen LogP contribution in [0.1, 0.15) is 50.0 Å². The molecule has 6 rings (SSSR count). The summed E-state index contributed by atoms with van der Waals surface area (Å²) in [5.74, 6) is 0.586. The van der Waals surface area contributed by atoms with E-state index in [0.717, 1.165) is 37.0 Å². The van der Waals surface area contributed by atoms with Crippen molar-refractivity contribution < 1.29 is 19.1 Å². The molecule has 5 nitrogen and oxygen atoms in total. The lowest BCUT2D eigenvalue weighted by Crippen LogP contribution is -2.57. The second kappa shape index (κ2) is 8.11. The van der Waals surface area contributed by atoms with E-state index in [2.05, 4.69) is 4.90 Å². The smallest absolute Gasteiger partial charge is 0.336 e. The molecule has 4 aliphatic carbocycles. The number of rotatable bonds is 4. The van der Waals surface area contributed by atoms with Crippen LogP contribution in [0.15, 0.2) is 41.7 Å². The molecule has 4 bridgehead atoms. The first-order chi connectivity index (χ1) is 15.3. The second-order valence-electron chi connectivity index (χ2n) is 9.81. The van der Waals surface area contributed by atoms with Gasteiger partial charge in [0.1, 0.15) is 0 Å². The molecule has 0 aromatic heterocycles. The summed E-state index contributed by atoms with van der Waals surface area (Å²) in [4.78, 5) is 28.1. The lowest BCUT2D eigenvalue weighted by atomic mass is 9.52. The molecule has 1 aromatic rings. The maximum atomic E-state index is 13.0. The van der Waals surface area contributed by atoms with Gasteiger partial charge in [-0.05, 0) is 74.0 Å². The standard InChI is InChI=1S/C25H27Cl2NO4/c1-31-23(29)18-12-28(25-9-14-5-15(10-25)7-16(6-14)11-25)13-19(24(30)32-2)22(18)17-3-4-20(26)21(27)8-17/h3-4,8,12-16,22H,5-7,9-11H2,1-2H3. The Hall–Kier alpha value is -1.98. The molecule has 32 heavy (non-hydrogen) atoms. The largest absolute Gasteiger partial charge is 0.466 e. The highest BCUT2D eigenvalue weighted by atomic mass is 35.5. The molecular weight excluding hydrogens is 449 g/mol. The van der Waals surface area contributed by atoms with Crippen LogP contribution in [-0.4, -0.2) is 36.6 Å². The third kappa shape index (κ3) is 3.54. The highest BCUT2D eigenvalue weighted by Crippen LogP contribution is 2.59. The van der Waals surface area contributed by atoms with Crippen molar-refractivity contribution in [3.8, 4) is 0 Å². The number of hydrogen-bond donors (Lipinski definition) is 0. The fourth-order valence-corrected chi connectivity index (χ4v) is 7.24. The minimum absolute atomic E-state index is 0.0596. The lowest BCUT2D eigenvalue weighted by molar-refractivity contribution is -0.137. The zero-order chi connectivity index (χ0) is 22.6. The molecule has 0 unspecified atom stereocenters. The van der Waals surface area contributed by atoms with Crippen molar-refractivity contribution in [3.05, 3.63) is 57.4 Å². The molecule has 4 saturated carbocycles. The maximum Gasteiger partial charge on any atom is 0.336 e. The Labute approximate surface area is 198 Å². The van der Waals surface area contributed by atoms with Crippen molar-refractivity contribution in [2.24, 2.45) is 17.8 Å². The number of carbonyl (C=O) groups excluding carboxylic acids is 2. The van der Waals surface area contributed by atoms with Crippen LogP contribution in [0.5, 0.6) is 0 Å². The van der Waals surface area contributed by atoms with Gasteiger partial charge >= 0.3 is 11.9 Å². The molecule has 1 aromatic carbocycles. The Bertz CT molecular complexity index is 961. The van der Waals surface area contributed by atoms with Gasteiger partial charge in [-0.25, -0.2) is 9.59 Å². The van der Waals surface area contributed by atoms with Gasteiger partial charge in [0.2, 0.25) is 0 Å². The summed E-state index contributed by atoms with van der Waals surface area (Å²) in [5.41, 5.74) is 1.45. The SMILES string of the molecule is COC(=O)C1=CN(C23CC4CC(CC(C4)C2)C3)C=C(C(=O)OC)C1c1ccc(Cl)c(Cl)c1. The number of nitrogens with zero attached hydrogens (tertiary/aromatic N) is 1. The van der Waals surface area contributed by atoms with Crippen LogP contribution in [0.3, 0.4) is 0 Å². The van der Waals surface area contributed by atoms with Crippen LogP contribution in [0.25, 0.3) is 0 Å². The van der Waals surface area contributed by atoms with Gasteiger partial charge < -0.3 is 14.4 Å². The van der Waals surface area contributed by atoms with Crippen molar-refractivity contribution in [2.75, 3.05) is 14.2 Å². The van der Waals surface area contributed by atoms with Crippen molar-refractivity contribution in [2.45, 2.75) is 50.0 Å². The highest BCUT2D eigenvalue weighted by Gasteiger charge is 2.54. The van der Waals surface area contributed by atoms with E-state index >= 15 is 0 Å². The molecule has 1 heterocycles. The van der Waals surface area contributed by atoms with E-state index in [0.29, 0.717) is 26.8 Å². The first-order valence-electron chi connectivity index (χ1n) is 11.2. The zero-order valence-electron chi connectivity index (χ0n) is 18.3.